The number of rotatable bonds is 3. The SMILES string of the molecule is Cc1ccc(C(C)NC2CC3CCC2(C)C3(C)C)o1. The third kappa shape index (κ3) is 1.79. The van der Waals surface area contributed by atoms with E-state index in [9.17, 15) is 0 Å². The molecule has 0 spiro atoms. The van der Waals surface area contributed by atoms with Crippen molar-refractivity contribution in [2.45, 2.75) is 66.0 Å². The van der Waals surface area contributed by atoms with Crippen LogP contribution in [0, 0.1) is 23.7 Å². The molecule has 0 aromatic carbocycles. The molecule has 1 aromatic heterocycles. The van der Waals surface area contributed by atoms with Crippen molar-refractivity contribution >= 4 is 0 Å². The minimum absolute atomic E-state index is 0.311. The lowest BCUT2D eigenvalue weighted by Gasteiger charge is -2.40. The van der Waals surface area contributed by atoms with Gasteiger partial charge < -0.3 is 9.73 Å². The van der Waals surface area contributed by atoms with Crippen LogP contribution in [-0.4, -0.2) is 6.04 Å². The van der Waals surface area contributed by atoms with Crippen LogP contribution < -0.4 is 5.32 Å². The molecule has 4 atom stereocenters. The summed E-state index contributed by atoms with van der Waals surface area (Å²) < 4.78 is 5.76. The maximum Gasteiger partial charge on any atom is 0.120 e. The predicted octanol–water partition coefficient (Wildman–Crippen LogP) is 4.45. The Kier molecular flexibility index (Phi) is 2.87. The van der Waals surface area contributed by atoms with Crippen LogP contribution in [0.15, 0.2) is 16.5 Å². The highest BCUT2D eigenvalue weighted by molar-refractivity contribution is 5.15. The molecule has 0 saturated heterocycles. The van der Waals surface area contributed by atoms with E-state index in [2.05, 4.69) is 45.1 Å². The Balaban J connectivity index is 1.75. The topological polar surface area (TPSA) is 25.2 Å². The van der Waals surface area contributed by atoms with Crippen LogP contribution >= 0.6 is 0 Å². The number of nitrogens with one attached hydrogen (secondary N) is 1. The average molecular weight is 261 g/mol. The fraction of sp³-hybridized carbons (Fsp3) is 0.765. The second-order valence-electron chi connectivity index (χ2n) is 7.50. The van der Waals surface area contributed by atoms with E-state index in [-0.39, 0.29) is 0 Å². The van der Waals surface area contributed by atoms with Gasteiger partial charge in [-0.15, -0.1) is 0 Å². The second kappa shape index (κ2) is 4.12. The predicted molar refractivity (Wildman–Crippen MR) is 78.0 cm³/mol. The first kappa shape index (κ1) is 13.2. The van der Waals surface area contributed by atoms with Crippen LogP contribution in [0.4, 0.5) is 0 Å². The normalized spacial score (nSPS) is 37.7. The number of hydrogen-bond acceptors (Lipinski definition) is 2. The van der Waals surface area contributed by atoms with Crippen molar-refractivity contribution in [3.63, 3.8) is 0 Å². The van der Waals surface area contributed by atoms with Gasteiger partial charge in [-0.25, -0.2) is 0 Å². The van der Waals surface area contributed by atoms with E-state index < -0.39 is 0 Å². The van der Waals surface area contributed by atoms with E-state index in [0.717, 1.165) is 17.4 Å². The van der Waals surface area contributed by atoms with Crippen LogP contribution in [-0.2, 0) is 0 Å². The lowest BCUT2D eigenvalue weighted by Crippen LogP contribution is -2.45. The molecule has 4 unspecified atom stereocenters. The molecule has 2 saturated carbocycles. The van der Waals surface area contributed by atoms with Gasteiger partial charge in [-0.3, -0.25) is 0 Å². The molecule has 3 rings (SSSR count). The molecule has 2 nitrogen and oxygen atoms in total. The van der Waals surface area contributed by atoms with Gasteiger partial charge in [-0.1, -0.05) is 20.8 Å². The Morgan fingerprint density at radius 2 is 2.05 bits per heavy atom. The van der Waals surface area contributed by atoms with E-state index >= 15 is 0 Å². The van der Waals surface area contributed by atoms with Gasteiger partial charge in [0.25, 0.3) is 0 Å². The molecule has 0 aliphatic heterocycles. The van der Waals surface area contributed by atoms with E-state index in [0.29, 0.717) is 22.9 Å². The fourth-order valence-corrected chi connectivity index (χ4v) is 4.53. The largest absolute Gasteiger partial charge is 0.465 e. The van der Waals surface area contributed by atoms with Crippen molar-refractivity contribution in [3.05, 3.63) is 23.7 Å². The molecule has 106 valence electrons. The first-order valence-corrected chi connectivity index (χ1v) is 7.67. The molecule has 2 aliphatic carbocycles. The highest BCUT2D eigenvalue weighted by Crippen LogP contribution is 2.65. The van der Waals surface area contributed by atoms with Gasteiger partial charge >= 0.3 is 0 Å². The lowest BCUT2D eigenvalue weighted by molar-refractivity contribution is 0.114. The molecule has 2 fully saturated rings. The summed E-state index contributed by atoms with van der Waals surface area (Å²) >= 11 is 0. The molecular formula is C17H27NO. The summed E-state index contributed by atoms with van der Waals surface area (Å²) in [4.78, 5) is 0. The van der Waals surface area contributed by atoms with Crippen LogP contribution in [0.1, 0.15) is 64.5 Å². The monoisotopic (exact) mass is 261 g/mol. The van der Waals surface area contributed by atoms with Crippen molar-refractivity contribution < 1.29 is 4.42 Å². The van der Waals surface area contributed by atoms with Crippen LogP contribution in [0.3, 0.4) is 0 Å². The summed E-state index contributed by atoms with van der Waals surface area (Å²) in [5, 5.41) is 3.84. The molecule has 2 aliphatic rings. The van der Waals surface area contributed by atoms with Crippen LogP contribution in [0.5, 0.6) is 0 Å². The van der Waals surface area contributed by atoms with Crippen molar-refractivity contribution in [2.75, 3.05) is 0 Å². The number of aryl methyl sites for hydroxylation is 1. The quantitative estimate of drug-likeness (QED) is 0.869. The minimum Gasteiger partial charge on any atom is -0.465 e. The zero-order valence-corrected chi connectivity index (χ0v) is 12.9. The molecule has 0 radical (unpaired) electrons. The van der Waals surface area contributed by atoms with Gasteiger partial charge in [-0.2, -0.15) is 0 Å². The van der Waals surface area contributed by atoms with E-state index in [1.807, 2.05) is 6.92 Å². The zero-order chi connectivity index (χ0) is 13.8. The lowest BCUT2D eigenvalue weighted by atomic mass is 9.69. The smallest absolute Gasteiger partial charge is 0.120 e. The Morgan fingerprint density at radius 3 is 2.53 bits per heavy atom. The van der Waals surface area contributed by atoms with Crippen molar-refractivity contribution in [3.8, 4) is 0 Å². The van der Waals surface area contributed by atoms with Crippen LogP contribution in [0.2, 0.25) is 0 Å². The maximum atomic E-state index is 5.76. The Bertz CT molecular complexity index is 475. The first-order chi connectivity index (χ1) is 8.84. The highest BCUT2D eigenvalue weighted by atomic mass is 16.3. The summed E-state index contributed by atoms with van der Waals surface area (Å²) in [6, 6.07) is 5.10. The van der Waals surface area contributed by atoms with E-state index in [4.69, 9.17) is 4.42 Å². The van der Waals surface area contributed by atoms with Crippen LogP contribution in [0.25, 0.3) is 0 Å². The van der Waals surface area contributed by atoms with Gasteiger partial charge in [0.2, 0.25) is 0 Å². The highest BCUT2D eigenvalue weighted by Gasteiger charge is 2.61. The molecular weight excluding hydrogens is 234 g/mol. The minimum atomic E-state index is 0.311. The Morgan fingerprint density at radius 1 is 1.32 bits per heavy atom. The summed E-state index contributed by atoms with van der Waals surface area (Å²) in [5.41, 5.74) is 0.914. The van der Waals surface area contributed by atoms with Crippen molar-refractivity contribution in [1.29, 1.82) is 0 Å². The molecule has 0 amide bonds. The third-order valence-corrected chi connectivity index (χ3v) is 6.43. The summed E-state index contributed by atoms with van der Waals surface area (Å²) in [6.07, 6.45) is 4.11. The number of furan rings is 1. The van der Waals surface area contributed by atoms with Crippen molar-refractivity contribution in [1.82, 2.24) is 5.32 Å². The van der Waals surface area contributed by atoms with Gasteiger partial charge in [0.05, 0.1) is 6.04 Å². The second-order valence-corrected chi connectivity index (χ2v) is 7.50. The summed E-state index contributed by atoms with van der Waals surface area (Å²) in [6.45, 7) is 11.7. The molecule has 1 N–H and O–H groups in total. The van der Waals surface area contributed by atoms with E-state index in [1.165, 1.54) is 19.3 Å². The van der Waals surface area contributed by atoms with Gasteiger partial charge in [-0.05, 0) is 62.0 Å². The zero-order valence-electron chi connectivity index (χ0n) is 12.9. The Hall–Kier alpha value is -0.760. The number of hydrogen-bond donors (Lipinski definition) is 1. The summed E-state index contributed by atoms with van der Waals surface area (Å²) in [5.74, 6) is 2.96. The fourth-order valence-electron chi connectivity index (χ4n) is 4.53. The average Bonchev–Trinajstić information content (AvgIpc) is 2.91. The summed E-state index contributed by atoms with van der Waals surface area (Å²) in [7, 11) is 0. The standard InChI is InChI=1S/C17H27NO/c1-11-6-7-14(19-11)12(2)18-15-10-13-8-9-17(15,5)16(13,3)4/h6-7,12-13,15,18H,8-10H2,1-5H3. The third-order valence-electron chi connectivity index (χ3n) is 6.43. The van der Waals surface area contributed by atoms with Gasteiger partial charge in [0.15, 0.2) is 0 Å². The van der Waals surface area contributed by atoms with Crippen molar-refractivity contribution in [2.24, 2.45) is 16.7 Å². The van der Waals surface area contributed by atoms with E-state index in [1.54, 1.807) is 0 Å². The first-order valence-electron chi connectivity index (χ1n) is 7.67. The molecule has 2 heteroatoms. The molecule has 19 heavy (non-hydrogen) atoms. The maximum absolute atomic E-state index is 5.76. The molecule has 1 aromatic rings. The number of fused-ring (bicyclic) bond motifs is 2. The Labute approximate surface area is 117 Å². The van der Waals surface area contributed by atoms with Gasteiger partial charge in [0.1, 0.15) is 11.5 Å². The van der Waals surface area contributed by atoms with Gasteiger partial charge in [0, 0.05) is 6.04 Å². The molecule has 2 bridgehead atoms. The molecule has 1 heterocycles.